The topological polar surface area (TPSA) is 56.7 Å². The van der Waals surface area contributed by atoms with Crippen molar-refractivity contribution in [3.63, 3.8) is 0 Å². The molecule has 0 aliphatic carbocycles. The number of nitrogens with zero attached hydrogens (tertiary/aromatic N) is 3. The summed E-state index contributed by atoms with van der Waals surface area (Å²) in [5.41, 5.74) is 10.4. The van der Waals surface area contributed by atoms with E-state index >= 15 is 0 Å². The summed E-state index contributed by atoms with van der Waals surface area (Å²) in [7, 11) is 1.95. The van der Waals surface area contributed by atoms with Crippen molar-refractivity contribution in [1.82, 2.24) is 14.8 Å². The molecule has 0 spiro atoms. The molecular weight excluding hydrogens is 304 g/mol. The van der Waals surface area contributed by atoms with Crippen molar-refractivity contribution >= 4 is 15.9 Å². The summed E-state index contributed by atoms with van der Waals surface area (Å²) in [6, 6.07) is 5.83. The van der Waals surface area contributed by atoms with Crippen LogP contribution < -0.4 is 5.73 Å². The summed E-state index contributed by atoms with van der Waals surface area (Å²) in [6.45, 7) is 4.07. The first kappa shape index (κ1) is 14.2. The van der Waals surface area contributed by atoms with Crippen molar-refractivity contribution in [2.45, 2.75) is 32.7 Å². The van der Waals surface area contributed by atoms with E-state index in [1.165, 1.54) is 0 Å². The summed E-state index contributed by atoms with van der Waals surface area (Å²) in [4.78, 5) is 4.49. The third-order valence-corrected chi connectivity index (χ3v) is 4.12. The Hall–Kier alpha value is -1.20. The second kappa shape index (κ2) is 5.84. The maximum atomic E-state index is 6.26. The lowest BCUT2D eigenvalue weighted by molar-refractivity contribution is 0.625. The highest BCUT2D eigenvalue weighted by Crippen LogP contribution is 2.25. The Labute approximate surface area is 122 Å². The molecular formula is C14H19BrN4. The zero-order chi connectivity index (χ0) is 14.0. The molecule has 1 unspecified atom stereocenters. The first-order valence-corrected chi connectivity index (χ1v) is 7.21. The average molecular weight is 323 g/mol. The largest absolute Gasteiger partial charge is 0.322 e. The Balaban J connectivity index is 2.24. The molecule has 2 aromatic heterocycles. The molecule has 102 valence electrons. The van der Waals surface area contributed by atoms with Crippen molar-refractivity contribution in [3.05, 3.63) is 45.4 Å². The van der Waals surface area contributed by atoms with Crippen LogP contribution in [-0.2, 0) is 19.9 Å². The molecule has 0 radical (unpaired) electrons. The third kappa shape index (κ3) is 3.04. The van der Waals surface area contributed by atoms with Gasteiger partial charge in [0.1, 0.15) is 0 Å². The number of hydrogen-bond acceptors (Lipinski definition) is 3. The fourth-order valence-electron chi connectivity index (χ4n) is 2.13. The Morgan fingerprint density at radius 1 is 1.42 bits per heavy atom. The molecule has 0 aliphatic rings. The maximum Gasteiger partial charge on any atom is 0.0766 e. The van der Waals surface area contributed by atoms with E-state index in [-0.39, 0.29) is 6.04 Å². The number of pyridine rings is 1. The van der Waals surface area contributed by atoms with E-state index in [1.807, 2.05) is 36.9 Å². The highest BCUT2D eigenvalue weighted by Gasteiger charge is 2.17. The normalized spacial score (nSPS) is 12.7. The number of rotatable bonds is 4. The van der Waals surface area contributed by atoms with Crippen LogP contribution in [0, 0.1) is 6.92 Å². The van der Waals surface area contributed by atoms with Crippen molar-refractivity contribution in [1.29, 1.82) is 0 Å². The molecule has 0 bridgehead atoms. The Bertz CT molecular complexity index is 577. The SMILES string of the molecule is CCc1nn(C)c(CC(N)c2cccc(C)n2)c1Br. The van der Waals surface area contributed by atoms with Crippen LogP contribution in [0.5, 0.6) is 0 Å². The molecule has 2 aromatic rings. The van der Waals surface area contributed by atoms with E-state index < -0.39 is 0 Å². The minimum Gasteiger partial charge on any atom is -0.322 e. The fraction of sp³-hybridized carbons (Fsp3) is 0.429. The number of aromatic nitrogens is 3. The van der Waals surface area contributed by atoms with Crippen LogP contribution in [0.15, 0.2) is 22.7 Å². The van der Waals surface area contributed by atoms with Crippen LogP contribution in [0.25, 0.3) is 0 Å². The highest BCUT2D eigenvalue weighted by molar-refractivity contribution is 9.10. The van der Waals surface area contributed by atoms with Crippen molar-refractivity contribution in [2.75, 3.05) is 0 Å². The lowest BCUT2D eigenvalue weighted by Crippen LogP contribution is -2.17. The molecule has 4 nitrogen and oxygen atoms in total. The standard InChI is InChI=1S/C14H19BrN4/c1-4-11-14(15)13(19(3)18-11)8-10(16)12-7-5-6-9(2)17-12/h5-7,10H,4,8,16H2,1-3H3. The zero-order valence-corrected chi connectivity index (χ0v) is 13.1. The summed E-state index contributed by atoms with van der Waals surface area (Å²) in [5, 5.41) is 4.49. The molecule has 0 aromatic carbocycles. The van der Waals surface area contributed by atoms with E-state index in [0.29, 0.717) is 0 Å². The number of aryl methyl sites for hydroxylation is 3. The maximum absolute atomic E-state index is 6.26. The van der Waals surface area contributed by atoms with Crippen molar-refractivity contribution < 1.29 is 0 Å². The van der Waals surface area contributed by atoms with E-state index in [0.717, 1.165) is 40.1 Å². The number of hydrogen-bond donors (Lipinski definition) is 1. The van der Waals surface area contributed by atoms with E-state index in [2.05, 4.69) is 32.9 Å². The predicted octanol–water partition coefficient (Wildman–Crippen LogP) is 2.69. The van der Waals surface area contributed by atoms with Crippen LogP contribution in [0.3, 0.4) is 0 Å². The van der Waals surface area contributed by atoms with Crippen molar-refractivity contribution in [2.24, 2.45) is 12.8 Å². The lowest BCUT2D eigenvalue weighted by Gasteiger charge is -2.12. The monoisotopic (exact) mass is 322 g/mol. The minimum absolute atomic E-state index is 0.115. The molecule has 0 amide bonds. The lowest BCUT2D eigenvalue weighted by atomic mass is 10.1. The first-order chi connectivity index (χ1) is 9.02. The minimum atomic E-state index is -0.115. The first-order valence-electron chi connectivity index (χ1n) is 6.42. The molecule has 2 N–H and O–H groups in total. The van der Waals surface area contributed by atoms with Crippen LogP contribution in [0.1, 0.15) is 35.7 Å². The van der Waals surface area contributed by atoms with Gasteiger partial charge < -0.3 is 5.73 Å². The molecule has 5 heteroatoms. The molecule has 0 fully saturated rings. The van der Waals surface area contributed by atoms with E-state index in [1.54, 1.807) is 0 Å². The Morgan fingerprint density at radius 3 is 2.74 bits per heavy atom. The predicted molar refractivity (Wildman–Crippen MR) is 79.9 cm³/mol. The van der Waals surface area contributed by atoms with Gasteiger partial charge >= 0.3 is 0 Å². The smallest absolute Gasteiger partial charge is 0.0766 e. The zero-order valence-electron chi connectivity index (χ0n) is 11.5. The Kier molecular flexibility index (Phi) is 4.37. The summed E-state index contributed by atoms with van der Waals surface area (Å²) in [5.74, 6) is 0. The van der Waals surface area contributed by atoms with E-state index in [4.69, 9.17) is 5.73 Å². The van der Waals surface area contributed by atoms with Gasteiger partial charge in [-0.05, 0) is 41.4 Å². The number of halogens is 1. The molecule has 0 aliphatic heterocycles. The average Bonchev–Trinajstić information content (AvgIpc) is 2.66. The van der Waals surface area contributed by atoms with Gasteiger partial charge in [0.25, 0.3) is 0 Å². The summed E-state index contributed by atoms with van der Waals surface area (Å²) in [6.07, 6.45) is 1.63. The van der Waals surface area contributed by atoms with Gasteiger partial charge in [-0.25, -0.2) is 0 Å². The van der Waals surface area contributed by atoms with Gasteiger partial charge in [-0.15, -0.1) is 0 Å². The second-order valence-electron chi connectivity index (χ2n) is 4.70. The van der Waals surface area contributed by atoms with Gasteiger partial charge in [0.15, 0.2) is 0 Å². The third-order valence-electron chi connectivity index (χ3n) is 3.21. The van der Waals surface area contributed by atoms with Crippen LogP contribution >= 0.6 is 15.9 Å². The van der Waals surface area contributed by atoms with Gasteiger partial charge in [0.2, 0.25) is 0 Å². The molecule has 19 heavy (non-hydrogen) atoms. The van der Waals surface area contributed by atoms with Gasteiger partial charge in [0.05, 0.1) is 27.6 Å². The summed E-state index contributed by atoms with van der Waals surface area (Å²) >= 11 is 3.62. The molecule has 0 saturated carbocycles. The second-order valence-corrected chi connectivity index (χ2v) is 5.49. The fourth-order valence-corrected chi connectivity index (χ4v) is 2.90. The molecule has 1 atom stereocenters. The number of nitrogens with two attached hydrogens (primary N) is 1. The van der Waals surface area contributed by atoms with Gasteiger partial charge in [-0.2, -0.15) is 5.10 Å². The van der Waals surface area contributed by atoms with E-state index in [9.17, 15) is 0 Å². The summed E-state index contributed by atoms with van der Waals surface area (Å²) < 4.78 is 2.97. The molecule has 0 saturated heterocycles. The van der Waals surface area contributed by atoms with Gasteiger partial charge in [-0.1, -0.05) is 13.0 Å². The van der Waals surface area contributed by atoms with Crippen LogP contribution in [-0.4, -0.2) is 14.8 Å². The molecule has 2 heterocycles. The quantitative estimate of drug-likeness (QED) is 0.941. The highest BCUT2D eigenvalue weighted by atomic mass is 79.9. The van der Waals surface area contributed by atoms with Gasteiger partial charge in [0, 0.05) is 19.2 Å². The van der Waals surface area contributed by atoms with Gasteiger partial charge in [-0.3, -0.25) is 9.67 Å². The van der Waals surface area contributed by atoms with Crippen LogP contribution in [0.4, 0.5) is 0 Å². The Morgan fingerprint density at radius 2 is 2.16 bits per heavy atom. The molecule has 2 rings (SSSR count). The van der Waals surface area contributed by atoms with Crippen molar-refractivity contribution in [3.8, 4) is 0 Å². The van der Waals surface area contributed by atoms with Crippen LogP contribution in [0.2, 0.25) is 0 Å².